The van der Waals surface area contributed by atoms with E-state index in [1.807, 2.05) is 57.2 Å². The molecule has 10 heteroatoms. The first-order valence-electron chi connectivity index (χ1n) is 13.4. The fourth-order valence-electron chi connectivity index (χ4n) is 4.30. The van der Waals surface area contributed by atoms with E-state index in [2.05, 4.69) is 14.9 Å². The molecule has 0 spiro atoms. The largest absolute Gasteiger partial charge is 0.494 e. The number of carbonyl (C=O) groups is 1. The van der Waals surface area contributed by atoms with Gasteiger partial charge in [0.1, 0.15) is 33.5 Å². The summed E-state index contributed by atoms with van der Waals surface area (Å²) in [6.45, 7) is 10.2. The third-order valence-corrected chi connectivity index (χ3v) is 6.53. The summed E-state index contributed by atoms with van der Waals surface area (Å²) in [5.74, 6) is 2.52. The molecule has 4 aromatic rings. The van der Waals surface area contributed by atoms with E-state index in [4.69, 9.17) is 30.2 Å². The molecule has 1 saturated heterocycles. The van der Waals surface area contributed by atoms with Gasteiger partial charge in [0.05, 0.1) is 12.8 Å². The first-order chi connectivity index (χ1) is 19.2. The highest BCUT2D eigenvalue weighted by Crippen LogP contribution is 2.30. The number of hydrogen-bond donors (Lipinski definition) is 0. The maximum Gasteiger partial charge on any atom is 0.410 e. The van der Waals surface area contributed by atoms with Crippen LogP contribution in [0.3, 0.4) is 0 Å². The number of carbonyl (C=O) groups excluding carboxylic acids is 1. The molecule has 0 saturated carbocycles. The monoisotopic (exact) mass is 564 g/mol. The van der Waals surface area contributed by atoms with Crippen molar-refractivity contribution >= 4 is 28.8 Å². The summed E-state index contributed by atoms with van der Waals surface area (Å²) in [7, 11) is 0. The van der Waals surface area contributed by atoms with Crippen molar-refractivity contribution in [3.63, 3.8) is 0 Å². The second-order valence-electron chi connectivity index (χ2n) is 10.6. The minimum absolute atomic E-state index is 0.234. The van der Waals surface area contributed by atoms with E-state index in [0.29, 0.717) is 47.8 Å². The number of pyridine rings is 1. The van der Waals surface area contributed by atoms with Gasteiger partial charge in [0, 0.05) is 44.4 Å². The highest BCUT2D eigenvalue weighted by Gasteiger charge is 2.25. The summed E-state index contributed by atoms with van der Waals surface area (Å²) in [4.78, 5) is 25.0. The average Bonchev–Trinajstić information content (AvgIpc) is 3.36. The molecule has 2 aromatic carbocycles. The number of benzene rings is 2. The Bertz CT molecular complexity index is 1430. The van der Waals surface area contributed by atoms with Gasteiger partial charge in [-0.25, -0.2) is 14.8 Å². The quantitative estimate of drug-likeness (QED) is 0.173. The second-order valence-corrected chi connectivity index (χ2v) is 11.0. The van der Waals surface area contributed by atoms with Crippen LogP contribution in [0.15, 0.2) is 65.2 Å². The average molecular weight is 565 g/mol. The molecule has 1 aliphatic rings. The van der Waals surface area contributed by atoms with Crippen LogP contribution in [0, 0.1) is 0 Å². The van der Waals surface area contributed by atoms with Crippen LogP contribution in [0.25, 0.3) is 22.6 Å². The van der Waals surface area contributed by atoms with Gasteiger partial charge in [-0.1, -0.05) is 11.6 Å². The molecular formula is C30H33ClN4O5. The molecule has 2 aromatic heterocycles. The lowest BCUT2D eigenvalue weighted by molar-refractivity contribution is 0.0142. The molecule has 1 fully saturated rings. The summed E-state index contributed by atoms with van der Waals surface area (Å²) in [6, 6.07) is 16.6. The number of hydrogen-bond acceptors (Lipinski definition) is 8. The van der Waals surface area contributed by atoms with Gasteiger partial charge in [0.15, 0.2) is 5.58 Å². The minimum Gasteiger partial charge on any atom is -0.494 e. The van der Waals surface area contributed by atoms with Crippen molar-refractivity contribution in [1.82, 2.24) is 19.8 Å². The molecule has 9 nitrogen and oxygen atoms in total. The lowest BCUT2D eigenvalue weighted by Gasteiger charge is -2.35. The Balaban J connectivity index is 1.07. The predicted octanol–water partition coefficient (Wildman–Crippen LogP) is 6.66. The molecule has 1 aliphatic heterocycles. The summed E-state index contributed by atoms with van der Waals surface area (Å²) >= 11 is 5.84. The third kappa shape index (κ3) is 7.43. The predicted molar refractivity (Wildman–Crippen MR) is 153 cm³/mol. The Labute approximate surface area is 238 Å². The van der Waals surface area contributed by atoms with Crippen LogP contribution >= 0.6 is 11.6 Å². The SMILES string of the molecule is CC(C)(C)OC(=O)N1CCN(CCCOc2ccc(-c3nc4ccc(Oc5ccc(Cl)nc5)cc4o3)cc2)CC1. The van der Waals surface area contributed by atoms with Gasteiger partial charge < -0.3 is 23.5 Å². The van der Waals surface area contributed by atoms with E-state index in [1.165, 1.54) is 0 Å². The van der Waals surface area contributed by atoms with Crippen LogP contribution in [-0.4, -0.2) is 70.8 Å². The number of fused-ring (bicyclic) bond motifs is 1. The van der Waals surface area contributed by atoms with E-state index in [-0.39, 0.29) is 6.09 Å². The first-order valence-corrected chi connectivity index (χ1v) is 13.7. The Morgan fingerprint density at radius 1 is 0.975 bits per heavy atom. The van der Waals surface area contributed by atoms with Crippen LogP contribution in [0.1, 0.15) is 27.2 Å². The number of amides is 1. The van der Waals surface area contributed by atoms with Crippen LogP contribution in [0.4, 0.5) is 4.79 Å². The van der Waals surface area contributed by atoms with E-state index < -0.39 is 5.60 Å². The molecule has 40 heavy (non-hydrogen) atoms. The highest BCUT2D eigenvalue weighted by molar-refractivity contribution is 6.29. The van der Waals surface area contributed by atoms with Gasteiger partial charge in [0.2, 0.25) is 5.89 Å². The number of piperazine rings is 1. The first kappa shape index (κ1) is 27.7. The zero-order valence-electron chi connectivity index (χ0n) is 22.9. The molecular weight excluding hydrogens is 532 g/mol. The number of aromatic nitrogens is 2. The van der Waals surface area contributed by atoms with Crippen molar-refractivity contribution in [3.8, 4) is 28.7 Å². The fraction of sp³-hybridized carbons (Fsp3) is 0.367. The molecule has 0 atom stereocenters. The summed E-state index contributed by atoms with van der Waals surface area (Å²) in [5, 5.41) is 0.408. The molecule has 3 heterocycles. The van der Waals surface area contributed by atoms with Crippen LogP contribution in [0.5, 0.6) is 17.2 Å². The normalized spacial score (nSPS) is 14.3. The molecule has 0 unspecified atom stereocenters. The van der Waals surface area contributed by atoms with Gasteiger partial charge in [-0.3, -0.25) is 4.90 Å². The molecule has 210 valence electrons. The Kier molecular flexibility index (Phi) is 8.42. The third-order valence-electron chi connectivity index (χ3n) is 6.31. The number of halogens is 1. The standard InChI is InChI=1S/C30H33ClN4O5/c1-30(2,3)40-29(36)35-16-14-34(15-17-35)13-4-18-37-22-7-5-21(6-8-22)28-33-25-11-9-23(19-26(25)39-28)38-24-10-12-27(31)32-20-24/h5-12,19-20H,4,13-18H2,1-3H3. The zero-order chi connectivity index (χ0) is 28.1. The van der Waals surface area contributed by atoms with E-state index >= 15 is 0 Å². The lowest BCUT2D eigenvalue weighted by Crippen LogP contribution is -2.50. The van der Waals surface area contributed by atoms with Gasteiger partial charge in [-0.15, -0.1) is 0 Å². The van der Waals surface area contributed by atoms with Crippen molar-refractivity contribution in [2.45, 2.75) is 32.8 Å². The smallest absolute Gasteiger partial charge is 0.410 e. The molecule has 0 N–H and O–H groups in total. The van der Waals surface area contributed by atoms with Crippen LogP contribution in [0.2, 0.25) is 5.15 Å². The highest BCUT2D eigenvalue weighted by atomic mass is 35.5. The molecule has 1 amide bonds. The maximum absolute atomic E-state index is 12.2. The fourth-order valence-corrected chi connectivity index (χ4v) is 4.41. The molecule has 5 rings (SSSR count). The van der Waals surface area contributed by atoms with Crippen molar-refractivity contribution in [3.05, 3.63) is 65.9 Å². The zero-order valence-corrected chi connectivity index (χ0v) is 23.7. The maximum atomic E-state index is 12.2. The van der Waals surface area contributed by atoms with E-state index in [0.717, 1.165) is 42.9 Å². The molecule has 0 radical (unpaired) electrons. The minimum atomic E-state index is -0.469. The number of nitrogens with zero attached hydrogens (tertiary/aromatic N) is 4. The van der Waals surface area contributed by atoms with Crippen molar-refractivity contribution in [2.24, 2.45) is 0 Å². The number of oxazole rings is 1. The van der Waals surface area contributed by atoms with E-state index in [9.17, 15) is 4.79 Å². The molecule has 0 bridgehead atoms. The van der Waals surface area contributed by atoms with Crippen LogP contribution < -0.4 is 9.47 Å². The van der Waals surface area contributed by atoms with Crippen molar-refractivity contribution in [1.29, 1.82) is 0 Å². The lowest BCUT2D eigenvalue weighted by atomic mass is 10.2. The topological polar surface area (TPSA) is 90.2 Å². The Morgan fingerprint density at radius 2 is 1.70 bits per heavy atom. The van der Waals surface area contributed by atoms with Gasteiger partial charge in [-0.2, -0.15) is 0 Å². The second kappa shape index (κ2) is 12.1. The number of ether oxygens (including phenoxy) is 3. The van der Waals surface area contributed by atoms with Gasteiger partial charge >= 0.3 is 6.09 Å². The molecule has 0 aliphatic carbocycles. The van der Waals surface area contributed by atoms with Crippen LogP contribution in [-0.2, 0) is 4.74 Å². The van der Waals surface area contributed by atoms with Gasteiger partial charge in [0.25, 0.3) is 0 Å². The van der Waals surface area contributed by atoms with E-state index in [1.54, 1.807) is 29.3 Å². The summed E-state index contributed by atoms with van der Waals surface area (Å²) in [5.41, 5.74) is 1.75. The summed E-state index contributed by atoms with van der Waals surface area (Å²) in [6.07, 6.45) is 2.23. The Morgan fingerprint density at radius 3 is 2.40 bits per heavy atom. The van der Waals surface area contributed by atoms with Crippen molar-refractivity contribution < 1.29 is 23.4 Å². The van der Waals surface area contributed by atoms with Crippen molar-refractivity contribution in [2.75, 3.05) is 39.3 Å². The number of rotatable bonds is 8. The summed E-state index contributed by atoms with van der Waals surface area (Å²) < 4.78 is 23.3. The Hall–Kier alpha value is -3.82. The van der Waals surface area contributed by atoms with Gasteiger partial charge in [-0.05, 0) is 75.7 Å².